The fourth-order valence-corrected chi connectivity index (χ4v) is 3.19. The third-order valence-corrected chi connectivity index (χ3v) is 4.64. The number of nitrogens with zero attached hydrogens (tertiary/aromatic N) is 3. The first-order valence-corrected chi connectivity index (χ1v) is 9.30. The largest absolute Gasteiger partial charge is 0.338 e. The molecule has 9 heteroatoms. The van der Waals surface area contributed by atoms with Crippen molar-refractivity contribution in [3.8, 4) is 0 Å². The molecule has 1 saturated heterocycles. The predicted molar refractivity (Wildman–Crippen MR) is 101 cm³/mol. The molecule has 28 heavy (non-hydrogen) atoms. The average molecular weight is 386 g/mol. The number of imide groups is 2. The zero-order valence-electron chi connectivity index (χ0n) is 16.2. The van der Waals surface area contributed by atoms with Gasteiger partial charge < -0.3 is 9.88 Å². The molecular weight excluding hydrogens is 362 g/mol. The van der Waals surface area contributed by atoms with Crippen LogP contribution in [0.25, 0.3) is 10.9 Å². The van der Waals surface area contributed by atoms with Crippen molar-refractivity contribution in [2.45, 2.75) is 27.3 Å². The van der Waals surface area contributed by atoms with E-state index in [9.17, 15) is 19.2 Å². The molecule has 1 atom stereocenters. The van der Waals surface area contributed by atoms with Crippen molar-refractivity contribution in [3.05, 3.63) is 40.4 Å². The Morgan fingerprint density at radius 3 is 2.43 bits per heavy atom. The Morgan fingerprint density at radius 2 is 1.75 bits per heavy atom. The van der Waals surface area contributed by atoms with Crippen LogP contribution < -0.4 is 10.5 Å². The van der Waals surface area contributed by atoms with Gasteiger partial charge in [-0.05, 0) is 25.0 Å². The van der Waals surface area contributed by atoms with E-state index in [0.717, 1.165) is 14.7 Å². The third kappa shape index (κ3) is 3.79. The molecule has 9 nitrogen and oxygen atoms in total. The van der Waals surface area contributed by atoms with Crippen LogP contribution in [-0.4, -0.2) is 57.4 Å². The molecule has 1 unspecified atom stereocenters. The second-order valence-corrected chi connectivity index (χ2v) is 7.29. The summed E-state index contributed by atoms with van der Waals surface area (Å²) in [5, 5.41) is 0.504. The van der Waals surface area contributed by atoms with Crippen LogP contribution in [-0.2, 0) is 16.1 Å². The van der Waals surface area contributed by atoms with E-state index < -0.39 is 17.8 Å². The van der Waals surface area contributed by atoms with E-state index in [1.54, 1.807) is 24.3 Å². The summed E-state index contributed by atoms with van der Waals surface area (Å²) in [5.74, 6) is -1.06. The molecular formula is C19H24N5O4+. The van der Waals surface area contributed by atoms with Crippen molar-refractivity contribution >= 4 is 28.7 Å². The Hall–Kier alpha value is -3.07. The molecule has 1 aromatic carbocycles. The molecule has 148 valence electrons. The lowest BCUT2D eigenvalue weighted by Crippen LogP contribution is -3.12. The molecule has 1 aliphatic heterocycles. The molecule has 2 heterocycles. The van der Waals surface area contributed by atoms with E-state index >= 15 is 0 Å². The fourth-order valence-electron chi connectivity index (χ4n) is 3.19. The molecule has 4 amide bonds. The predicted octanol–water partition coefficient (Wildman–Crippen LogP) is -0.268. The number of amides is 4. The highest BCUT2D eigenvalue weighted by atomic mass is 16.2. The first-order valence-electron chi connectivity index (χ1n) is 9.30. The average Bonchev–Trinajstić information content (AvgIpc) is 2.85. The minimum absolute atomic E-state index is 0.0328. The molecule has 1 aromatic heterocycles. The smallest absolute Gasteiger partial charge is 0.311 e. The van der Waals surface area contributed by atoms with E-state index in [0.29, 0.717) is 29.8 Å². The Morgan fingerprint density at radius 1 is 1.07 bits per heavy atom. The van der Waals surface area contributed by atoms with Crippen molar-refractivity contribution in [1.82, 2.24) is 19.8 Å². The van der Waals surface area contributed by atoms with Crippen LogP contribution in [0.5, 0.6) is 0 Å². The monoisotopic (exact) mass is 386 g/mol. The Bertz CT molecular complexity index is 984. The lowest BCUT2D eigenvalue weighted by molar-refractivity contribution is -0.919. The number of hydrogen-bond acceptors (Lipinski definition) is 5. The van der Waals surface area contributed by atoms with Crippen LogP contribution in [0.2, 0.25) is 0 Å². The first kappa shape index (κ1) is 19.7. The number of nitrogens with one attached hydrogen (secondary N) is 2. The van der Waals surface area contributed by atoms with Crippen molar-refractivity contribution in [2.24, 2.45) is 5.92 Å². The molecule has 0 radical (unpaired) electrons. The summed E-state index contributed by atoms with van der Waals surface area (Å²) in [6, 6.07) is 6.45. The van der Waals surface area contributed by atoms with E-state index in [4.69, 9.17) is 0 Å². The number of para-hydroxylation sites is 1. The molecule has 0 aliphatic carbocycles. The molecule has 0 spiro atoms. The molecule has 3 rings (SSSR count). The Balaban J connectivity index is 1.78. The van der Waals surface area contributed by atoms with Crippen LogP contribution in [0, 0.1) is 5.92 Å². The number of rotatable bonds is 7. The van der Waals surface area contributed by atoms with Gasteiger partial charge in [0.1, 0.15) is 6.54 Å². The quantitative estimate of drug-likeness (QED) is 0.503. The summed E-state index contributed by atoms with van der Waals surface area (Å²) < 4.78 is 0. The van der Waals surface area contributed by atoms with E-state index in [1.165, 1.54) is 0 Å². The highest BCUT2D eigenvalue weighted by Crippen LogP contribution is 2.13. The minimum Gasteiger partial charge on any atom is -0.311 e. The molecule has 2 aromatic rings. The van der Waals surface area contributed by atoms with E-state index in [1.807, 2.05) is 20.8 Å². The van der Waals surface area contributed by atoms with E-state index in [-0.39, 0.29) is 24.7 Å². The highest BCUT2D eigenvalue weighted by molar-refractivity contribution is 6.44. The van der Waals surface area contributed by atoms with Crippen LogP contribution in [0.15, 0.2) is 29.1 Å². The number of quaternary nitrogens is 1. The second-order valence-electron chi connectivity index (χ2n) is 7.29. The van der Waals surface area contributed by atoms with Crippen LogP contribution in [0.4, 0.5) is 4.79 Å². The van der Waals surface area contributed by atoms with Gasteiger partial charge in [-0.2, -0.15) is 0 Å². The van der Waals surface area contributed by atoms with Gasteiger partial charge in [-0.1, -0.05) is 26.0 Å². The number of hydrogen-bond donors (Lipinski definition) is 2. The number of aromatic amines is 1. The molecule has 0 bridgehead atoms. The SMILES string of the molecule is CC[NH+](Cc1nc2ccccc2c(=O)[nH]1)CN1C(=O)C(=O)N(CC(C)C)C1=O. The van der Waals surface area contributed by atoms with Crippen molar-refractivity contribution in [2.75, 3.05) is 19.8 Å². The summed E-state index contributed by atoms with van der Waals surface area (Å²) in [5.41, 5.74) is 0.353. The molecule has 1 fully saturated rings. The first-order chi connectivity index (χ1) is 13.3. The molecule has 1 aliphatic rings. The Kier molecular flexibility index (Phi) is 5.55. The standard InChI is InChI=1S/C19H23N5O4/c1-4-22(10-15-20-14-8-6-5-7-13(14)16(25)21-15)11-24-18(27)17(26)23(19(24)28)9-12(2)3/h5-8,12H,4,9-11H2,1-3H3,(H,20,21,25)/p+1. The van der Waals surface area contributed by atoms with Gasteiger partial charge in [0.05, 0.1) is 17.4 Å². The number of H-pyrrole nitrogens is 1. The van der Waals surface area contributed by atoms with Crippen LogP contribution in [0.3, 0.4) is 0 Å². The lowest BCUT2D eigenvalue weighted by atomic mass is 10.2. The van der Waals surface area contributed by atoms with E-state index in [2.05, 4.69) is 9.97 Å². The number of benzene rings is 1. The number of aromatic nitrogens is 2. The summed E-state index contributed by atoms with van der Waals surface area (Å²) in [7, 11) is 0. The van der Waals surface area contributed by atoms with Gasteiger partial charge >= 0.3 is 17.8 Å². The Labute approximate surface area is 161 Å². The molecule has 2 N–H and O–H groups in total. The highest BCUT2D eigenvalue weighted by Gasteiger charge is 2.46. The summed E-state index contributed by atoms with van der Waals surface area (Å²) >= 11 is 0. The fraction of sp³-hybridized carbons (Fsp3) is 0.421. The summed E-state index contributed by atoms with van der Waals surface area (Å²) in [6.45, 7) is 6.77. The maximum atomic E-state index is 12.5. The number of carbonyl (C=O) groups excluding carboxylic acids is 3. The maximum absolute atomic E-state index is 12.5. The number of carbonyl (C=O) groups is 3. The van der Waals surface area contributed by atoms with Gasteiger partial charge in [-0.15, -0.1) is 0 Å². The zero-order chi connectivity index (χ0) is 20.4. The van der Waals surface area contributed by atoms with Crippen molar-refractivity contribution in [1.29, 1.82) is 0 Å². The molecule has 0 saturated carbocycles. The van der Waals surface area contributed by atoms with Crippen molar-refractivity contribution < 1.29 is 19.3 Å². The third-order valence-electron chi connectivity index (χ3n) is 4.64. The van der Waals surface area contributed by atoms with Crippen molar-refractivity contribution in [3.63, 3.8) is 0 Å². The summed E-state index contributed by atoms with van der Waals surface area (Å²) in [4.78, 5) is 59.1. The lowest BCUT2D eigenvalue weighted by Gasteiger charge is -2.22. The van der Waals surface area contributed by atoms with Gasteiger partial charge in [-0.25, -0.2) is 14.7 Å². The normalized spacial score (nSPS) is 15.9. The van der Waals surface area contributed by atoms with Gasteiger partial charge in [0, 0.05) is 6.54 Å². The minimum atomic E-state index is -0.809. The van der Waals surface area contributed by atoms with Gasteiger partial charge in [0.2, 0.25) is 0 Å². The second kappa shape index (κ2) is 7.89. The summed E-state index contributed by atoms with van der Waals surface area (Å²) in [6.07, 6.45) is 0. The van der Waals surface area contributed by atoms with Gasteiger partial charge in [-0.3, -0.25) is 19.3 Å². The van der Waals surface area contributed by atoms with Crippen LogP contribution >= 0.6 is 0 Å². The number of fused-ring (bicyclic) bond motifs is 1. The maximum Gasteiger partial charge on any atom is 0.338 e. The van der Waals surface area contributed by atoms with Crippen LogP contribution in [0.1, 0.15) is 26.6 Å². The zero-order valence-corrected chi connectivity index (χ0v) is 16.2. The van der Waals surface area contributed by atoms with Gasteiger partial charge in [0.25, 0.3) is 5.56 Å². The number of urea groups is 1. The van der Waals surface area contributed by atoms with Gasteiger partial charge in [0.15, 0.2) is 12.5 Å². The topological polar surface area (TPSA) is 108 Å².